The van der Waals surface area contributed by atoms with Gasteiger partial charge >= 0.3 is 0 Å². The second-order valence-corrected chi connectivity index (χ2v) is 6.87. The molecule has 0 aliphatic carbocycles. The summed E-state index contributed by atoms with van der Waals surface area (Å²) in [5.74, 6) is 0.600. The second kappa shape index (κ2) is 11.4. The number of nitrogens with zero attached hydrogens (tertiary/aromatic N) is 1. The maximum atomic E-state index is 5.54. The highest BCUT2D eigenvalue weighted by atomic mass is 16.5. The van der Waals surface area contributed by atoms with Gasteiger partial charge in [0.15, 0.2) is 0 Å². The molecule has 0 heterocycles. The van der Waals surface area contributed by atoms with Crippen molar-refractivity contribution in [1.29, 1.82) is 0 Å². The van der Waals surface area contributed by atoms with Crippen LogP contribution in [0.25, 0.3) is 0 Å². The quantitative estimate of drug-likeness (QED) is 0.562. The zero-order valence-electron chi connectivity index (χ0n) is 15.4. The monoisotopic (exact) mass is 302 g/mol. The number of hydrogen-bond acceptors (Lipinski definition) is 4. The summed E-state index contributed by atoms with van der Waals surface area (Å²) in [7, 11) is 0. The van der Waals surface area contributed by atoms with E-state index in [1.165, 1.54) is 0 Å². The molecule has 0 aromatic carbocycles. The van der Waals surface area contributed by atoms with Crippen molar-refractivity contribution in [3.63, 3.8) is 0 Å². The maximum absolute atomic E-state index is 5.54. The van der Waals surface area contributed by atoms with Gasteiger partial charge in [0.1, 0.15) is 0 Å². The van der Waals surface area contributed by atoms with Crippen molar-refractivity contribution in [2.45, 2.75) is 60.0 Å². The first-order valence-corrected chi connectivity index (χ1v) is 8.46. The van der Waals surface area contributed by atoms with Crippen LogP contribution in [0.3, 0.4) is 0 Å². The summed E-state index contributed by atoms with van der Waals surface area (Å²) in [5.41, 5.74) is 0.151. The Morgan fingerprint density at radius 3 is 1.76 bits per heavy atom. The predicted octanol–water partition coefficient (Wildman–Crippen LogP) is 2.77. The molecule has 0 fully saturated rings. The highest BCUT2D eigenvalue weighted by Crippen LogP contribution is 2.12. The molecule has 1 unspecified atom stereocenters. The highest BCUT2D eigenvalue weighted by Gasteiger charge is 2.23. The molecule has 0 aromatic rings. The molecular formula is C17H38N2O2. The van der Waals surface area contributed by atoms with Gasteiger partial charge in [-0.05, 0) is 40.5 Å². The van der Waals surface area contributed by atoms with E-state index in [1.807, 2.05) is 13.8 Å². The van der Waals surface area contributed by atoms with Crippen molar-refractivity contribution < 1.29 is 9.47 Å². The molecule has 0 radical (unpaired) electrons. The molecule has 0 amide bonds. The van der Waals surface area contributed by atoms with Crippen LogP contribution in [-0.2, 0) is 9.47 Å². The molecule has 1 atom stereocenters. The first-order valence-electron chi connectivity index (χ1n) is 8.46. The van der Waals surface area contributed by atoms with Gasteiger partial charge in [-0.25, -0.2) is 0 Å². The number of ether oxygens (including phenoxy) is 2. The normalized spacial score (nSPS) is 14.1. The summed E-state index contributed by atoms with van der Waals surface area (Å²) in [6, 6.07) is 0.505. The minimum atomic E-state index is 0.151. The van der Waals surface area contributed by atoms with Crippen LogP contribution in [0.4, 0.5) is 0 Å². The fourth-order valence-corrected chi connectivity index (χ4v) is 2.29. The largest absolute Gasteiger partial charge is 0.380 e. The smallest absolute Gasteiger partial charge is 0.0593 e. The van der Waals surface area contributed by atoms with Crippen molar-refractivity contribution in [2.24, 2.45) is 5.92 Å². The minimum absolute atomic E-state index is 0.151. The Kier molecular flexibility index (Phi) is 11.3. The van der Waals surface area contributed by atoms with E-state index < -0.39 is 0 Å². The van der Waals surface area contributed by atoms with Crippen molar-refractivity contribution in [3.8, 4) is 0 Å². The van der Waals surface area contributed by atoms with Crippen LogP contribution in [0.1, 0.15) is 48.5 Å². The van der Waals surface area contributed by atoms with Gasteiger partial charge in [0, 0.05) is 44.4 Å². The third-order valence-electron chi connectivity index (χ3n) is 3.53. The zero-order valence-corrected chi connectivity index (χ0v) is 15.4. The Morgan fingerprint density at radius 2 is 1.43 bits per heavy atom. The Labute approximate surface area is 132 Å². The molecule has 0 rings (SSSR count). The minimum Gasteiger partial charge on any atom is -0.380 e. The molecule has 1 N–H and O–H groups in total. The Bertz CT molecular complexity index is 229. The third kappa shape index (κ3) is 11.1. The van der Waals surface area contributed by atoms with Gasteiger partial charge in [-0.3, -0.25) is 4.90 Å². The van der Waals surface area contributed by atoms with Crippen molar-refractivity contribution in [3.05, 3.63) is 0 Å². The van der Waals surface area contributed by atoms with Crippen LogP contribution in [0.2, 0.25) is 0 Å². The molecule has 0 aliphatic heterocycles. The summed E-state index contributed by atoms with van der Waals surface area (Å²) < 4.78 is 11.1. The second-order valence-electron chi connectivity index (χ2n) is 6.87. The van der Waals surface area contributed by atoms with E-state index >= 15 is 0 Å². The standard InChI is InChI=1S/C17H38N2O2/c1-8-20-12-10-19(11-13-21-9-2)16(15(3)4)14-18-17(5,6)7/h15-16,18H,8-14H2,1-7H3. The number of hydrogen-bond donors (Lipinski definition) is 1. The first-order chi connectivity index (χ1) is 9.81. The summed E-state index contributed by atoms with van der Waals surface area (Å²) in [5, 5.41) is 3.64. The summed E-state index contributed by atoms with van der Waals surface area (Å²) in [6.07, 6.45) is 0. The lowest BCUT2D eigenvalue weighted by atomic mass is 10.0. The SMILES string of the molecule is CCOCCN(CCOCC)C(CNC(C)(C)C)C(C)C. The molecule has 4 heteroatoms. The maximum Gasteiger partial charge on any atom is 0.0593 e. The molecule has 0 aromatic heterocycles. The molecular weight excluding hydrogens is 264 g/mol. The Balaban J connectivity index is 4.57. The first kappa shape index (κ1) is 20.8. The lowest BCUT2D eigenvalue weighted by Crippen LogP contribution is -2.51. The molecule has 21 heavy (non-hydrogen) atoms. The van der Waals surface area contributed by atoms with Gasteiger partial charge < -0.3 is 14.8 Å². The van der Waals surface area contributed by atoms with E-state index in [-0.39, 0.29) is 5.54 Å². The van der Waals surface area contributed by atoms with Crippen LogP contribution in [-0.4, -0.2) is 62.5 Å². The van der Waals surface area contributed by atoms with Crippen molar-refractivity contribution in [1.82, 2.24) is 10.2 Å². The molecule has 0 spiro atoms. The predicted molar refractivity (Wildman–Crippen MR) is 90.9 cm³/mol. The zero-order chi connectivity index (χ0) is 16.3. The summed E-state index contributed by atoms with van der Waals surface area (Å²) in [4.78, 5) is 2.51. The highest BCUT2D eigenvalue weighted by molar-refractivity contribution is 4.81. The average molecular weight is 303 g/mol. The Morgan fingerprint density at radius 1 is 0.952 bits per heavy atom. The fraction of sp³-hybridized carbons (Fsp3) is 1.00. The molecule has 0 bridgehead atoms. The van der Waals surface area contributed by atoms with Crippen LogP contribution < -0.4 is 5.32 Å². The van der Waals surface area contributed by atoms with Crippen LogP contribution in [0.15, 0.2) is 0 Å². The van der Waals surface area contributed by atoms with Crippen LogP contribution in [0, 0.1) is 5.92 Å². The van der Waals surface area contributed by atoms with Gasteiger partial charge in [-0.15, -0.1) is 0 Å². The molecule has 0 saturated carbocycles. The van der Waals surface area contributed by atoms with Gasteiger partial charge in [0.2, 0.25) is 0 Å². The topological polar surface area (TPSA) is 33.7 Å². The van der Waals surface area contributed by atoms with Gasteiger partial charge in [0.25, 0.3) is 0 Å². The Hall–Kier alpha value is -0.160. The molecule has 4 nitrogen and oxygen atoms in total. The third-order valence-corrected chi connectivity index (χ3v) is 3.53. The van der Waals surface area contributed by atoms with E-state index in [9.17, 15) is 0 Å². The number of rotatable bonds is 12. The van der Waals surface area contributed by atoms with Crippen LogP contribution >= 0.6 is 0 Å². The lowest BCUT2D eigenvalue weighted by Gasteiger charge is -2.36. The van der Waals surface area contributed by atoms with E-state index in [4.69, 9.17) is 9.47 Å². The molecule has 128 valence electrons. The molecule has 0 saturated heterocycles. The van der Waals surface area contributed by atoms with E-state index in [2.05, 4.69) is 44.8 Å². The van der Waals surface area contributed by atoms with E-state index in [1.54, 1.807) is 0 Å². The van der Waals surface area contributed by atoms with Gasteiger partial charge in [-0.1, -0.05) is 13.8 Å². The van der Waals surface area contributed by atoms with Gasteiger partial charge in [0.05, 0.1) is 13.2 Å². The van der Waals surface area contributed by atoms with Crippen molar-refractivity contribution >= 4 is 0 Å². The van der Waals surface area contributed by atoms with E-state index in [0.29, 0.717) is 12.0 Å². The summed E-state index contributed by atoms with van der Waals surface area (Å²) >= 11 is 0. The van der Waals surface area contributed by atoms with Gasteiger partial charge in [-0.2, -0.15) is 0 Å². The number of nitrogens with one attached hydrogen (secondary N) is 1. The van der Waals surface area contributed by atoms with Crippen LogP contribution in [0.5, 0.6) is 0 Å². The van der Waals surface area contributed by atoms with Crippen molar-refractivity contribution in [2.75, 3.05) is 46.1 Å². The molecule has 0 aliphatic rings. The average Bonchev–Trinajstić information content (AvgIpc) is 2.37. The summed E-state index contributed by atoms with van der Waals surface area (Å²) in [6.45, 7) is 21.4. The lowest BCUT2D eigenvalue weighted by molar-refractivity contribution is 0.0492. The van der Waals surface area contributed by atoms with E-state index in [0.717, 1.165) is 46.1 Å². The fourth-order valence-electron chi connectivity index (χ4n) is 2.29.